The van der Waals surface area contributed by atoms with Gasteiger partial charge in [-0.1, -0.05) is 6.92 Å². The largest absolute Gasteiger partial charge is 0.390 e. The number of aliphatic hydroxyl groups is 1. The fourth-order valence-electron chi connectivity index (χ4n) is 1.92. The van der Waals surface area contributed by atoms with E-state index in [0.29, 0.717) is 18.2 Å². The molecule has 1 fully saturated rings. The van der Waals surface area contributed by atoms with Crippen LogP contribution in [0.15, 0.2) is 0 Å². The first-order valence-electron chi connectivity index (χ1n) is 5.19. The first-order chi connectivity index (χ1) is 7.16. The van der Waals surface area contributed by atoms with Crippen molar-refractivity contribution < 1.29 is 9.84 Å². The van der Waals surface area contributed by atoms with E-state index in [1.807, 2.05) is 0 Å². The van der Waals surface area contributed by atoms with E-state index in [0.717, 1.165) is 13.0 Å². The van der Waals surface area contributed by atoms with Crippen molar-refractivity contribution in [3.63, 3.8) is 0 Å². The highest BCUT2D eigenvalue weighted by Gasteiger charge is 2.31. The molecule has 84 valence electrons. The normalized spacial score (nSPS) is 28.2. The number of tetrazole rings is 1. The lowest BCUT2D eigenvalue weighted by atomic mass is 9.97. The van der Waals surface area contributed by atoms with Crippen LogP contribution in [0.1, 0.15) is 19.2 Å². The van der Waals surface area contributed by atoms with Gasteiger partial charge in [0.25, 0.3) is 0 Å². The van der Waals surface area contributed by atoms with Crippen LogP contribution in [0.2, 0.25) is 0 Å². The lowest BCUT2D eigenvalue weighted by molar-refractivity contribution is -0.0166. The van der Waals surface area contributed by atoms with E-state index in [1.165, 1.54) is 4.80 Å². The van der Waals surface area contributed by atoms with Crippen LogP contribution in [0.5, 0.6) is 0 Å². The maximum Gasteiger partial charge on any atom is 0.177 e. The standard InChI is InChI=1S/C9H16N4O2/c1-6-3-4-15-9(6)7(14)5-8-10-12-13(2)11-8/h6-7,9,14H,3-5H2,1-2H3. The van der Waals surface area contributed by atoms with Crippen molar-refractivity contribution in [1.82, 2.24) is 20.2 Å². The summed E-state index contributed by atoms with van der Waals surface area (Å²) in [5.41, 5.74) is 0. The van der Waals surface area contributed by atoms with Gasteiger partial charge in [-0.3, -0.25) is 0 Å². The molecule has 1 aromatic heterocycles. The molecule has 0 spiro atoms. The van der Waals surface area contributed by atoms with Crippen molar-refractivity contribution in [1.29, 1.82) is 0 Å². The third-order valence-corrected chi connectivity index (χ3v) is 2.77. The van der Waals surface area contributed by atoms with Gasteiger partial charge in [-0.25, -0.2) is 0 Å². The molecule has 1 aromatic rings. The summed E-state index contributed by atoms with van der Waals surface area (Å²) in [5, 5.41) is 21.5. The zero-order valence-electron chi connectivity index (χ0n) is 9.00. The number of hydrogen-bond acceptors (Lipinski definition) is 5. The van der Waals surface area contributed by atoms with Crippen molar-refractivity contribution in [3.05, 3.63) is 5.82 Å². The van der Waals surface area contributed by atoms with Crippen LogP contribution in [0.3, 0.4) is 0 Å². The summed E-state index contributed by atoms with van der Waals surface area (Å²) >= 11 is 0. The molecular formula is C9H16N4O2. The maximum atomic E-state index is 9.94. The second kappa shape index (κ2) is 4.24. The molecule has 1 N–H and O–H groups in total. The molecule has 3 atom stereocenters. The number of rotatable bonds is 3. The summed E-state index contributed by atoms with van der Waals surface area (Å²) in [4.78, 5) is 1.39. The third kappa shape index (κ3) is 2.32. The van der Waals surface area contributed by atoms with Crippen LogP contribution in [0.4, 0.5) is 0 Å². The lowest BCUT2D eigenvalue weighted by Gasteiger charge is -2.19. The highest BCUT2D eigenvalue weighted by atomic mass is 16.5. The first-order valence-corrected chi connectivity index (χ1v) is 5.19. The highest BCUT2D eigenvalue weighted by molar-refractivity contribution is 4.88. The molecule has 0 radical (unpaired) electrons. The van der Waals surface area contributed by atoms with Gasteiger partial charge in [0.1, 0.15) is 0 Å². The summed E-state index contributed by atoms with van der Waals surface area (Å²) in [6, 6.07) is 0. The van der Waals surface area contributed by atoms with Crippen LogP contribution in [-0.2, 0) is 18.2 Å². The number of ether oxygens (including phenoxy) is 1. The monoisotopic (exact) mass is 212 g/mol. The molecule has 1 aliphatic heterocycles. The Bertz CT molecular complexity index is 328. The van der Waals surface area contributed by atoms with Gasteiger partial charge in [0, 0.05) is 13.0 Å². The smallest absolute Gasteiger partial charge is 0.177 e. The molecule has 15 heavy (non-hydrogen) atoms. The van der Waals surface area contributed by atoms with Crippen molar-refractivity contribution in [3.8, 4) is 0 Å². The molecule has 6 nitrogen and oxygen atoms in total. The molecule has 6 heteroatoms. The Balaban J connectivity index is 1.94. The molecule has 2 rings (SSSR count). The molecule has 0 saturated carbocycles. The fraction of sp³-hybridized carbons (Fsp3) is 0.889. The van der Waals surface area contributed by atoms with Gasteiger partial charge >= 0.3 is 0 Å². The Hall–Kier alpha value is -1.01. The molecular weight excluding hydrogens is 196 g/mol. The minimum absolute atomic E-state index is 0.0891. The summed E-state index contributed by atoms with van der Waals surface area (Å²) in [6.45, 7) is 2.82. The predicted octanol–water partition coefficient (Wildman–Crippen LogP) is -0.462. The second-order valence-corrected chi connectivity index (χ2v) is 4.07. The molecule has 2 heterocycles. The van der Waals surface area contributed by atoms with E-state index in [1.54, 1.807) is 7.05 Å². The number of aromatic nitrogens is 4. The molecule has 1 aliphatic rings. The van der Waals surface area contributed by atoms with Crippen molar-refractivity contribution in [2.45, 2.75) is 32.0 Å². The zero-order chi connectivity index (χ0) is 10.8. The van der Waals surface area contributed by atoms with Crippen LogP contribution in [0, 0.1) is 5.92 Å². The van der Waals surface area contributed by atoms with Gasteiger partial charge in [0.05, 0.1) is 19.3 Å². The molecule has 3 unspecified atom stereocenters. The van der Waals surface area contributed by atoms with Crippen molar-refractivity contribution in [2.24, 2.45) is 13.0 Å². The average molecular weight is 212 g/mol. The van der Waals surface area contributed by atoms with Gasteiger partial charge in [-0.05, 0) is 17.6 Å². The predicted molar refractivity (Wildman–Crippen MR) is 52.0 cm³/mol. The summed E-state index contributed by atoms with van der Waals surface area (Å²) < 4.78 is 5.47. The highest BCUT2D eigenvalue weighted by Crippen LogP contribution is 2.23. The van der Waals surface area contributed by atoms with Gasteiger partial charge in [0.2, 0.25) is 0 Å². The van der Waals surface area contributed by atoms with E-state index in [-0.39, 0.29) is 6.10 Å². The van der Waals surface area contributed by atoms with Gasteiger partial charge in [-0.15, -0.1) is 10.2 Å². The Morgan fingerprint density at radius 1 is 1.67 bits per heavy atom. The number of aryl methyl sites for hydroxylation is 1. The van der Waals surface area contributed by atoms with Gasteiger partial charge < -0.3 is 9.84 Å². The minimum atomic E-state index is -0.535. The van der Waals surface area contributed by atoms with Crippen LogP contribution in [-0.4, -0.2) is 44.1 Å². The number of aliphatic hydroxyl groups excluding tert-OH is 1. The SMILES string of the molecule is CC1CCOC1C(O)Cc1nnn(C)n1. The van der Waals surface area contributed by atoms with Gasteiger partial charge in [-0.2, -0.15) is 4.80 Å². The Kier molecular flexibility index (Phi) is 2.97. The second-order valence-electron chi connectivity index (χ2n) is 4.07. The average Bonchev–Trinajstić information content (AvgIpc) is 2.75. The first kappa shape index (κ1) is 10.5. The molecule has 0 aromatic carbocycles. The summed E-state index contributed by atoms with van der Waals surface area (Å²) in [7, 11) is 1.71. The van der Waals surface area contributed by atoms with E-state index in [4.69, 9.17) is 4.74 Å². The zero-order valence-corrected chi connectivity index (χ0v) is 9.00. The Morgan fingerprint density at radius 2 is 2.47 bits per heavy atom. The molecule has 0 amide bonds. The van der Waals surface area contributed by atoms with Crippen molar-refractivity contribution >= 4 is 0 Å². The van der Waals surface area contributed by atoms with E-state index < -0.39 is 6.10 Å². The lowest BCUT2D eigenvalue weighted by Crippen LogP contribution is -2.32. The molecule has 0 bridgehead atoms. The van der Waals surface area contributed by atoms with E-state index in [2.05, 4.69) is 22.3 Å². The minimum Gasteiger partial charge on any atom is -0.390 e. The van der Waals surface area contributed by atoms with Crippen molar-refractivity contribution in [2.75, 3.05) is 6.61 Å². The summed E-state index contributed by atoms with van der Waals surface area (Å²) in [6.07, 6.45) is 0.791. The Labute approximate surface area is 88.2 Å². The fourth-order valence-corrected chi connectivity index (χ4v) is 1.92. The van der Waals surface area contributed by atoms with E-state index in [9.17, 15) is 5.11 Å². The Morgan fingerprint density at radius 3 is 3.00 bits per heavy atom. The van der Waals surface area contributed by atoms with Crippen LogP contribution in [0.25, 0.3) is 0 Å². The van der Waals surface area contributed by atoms with Crippen LogP contribution < -0.4 is 0 Å². The van der Waals surface area contributed by atoms with Crippen LogP contribution >= 0.6 is 0 Å². The quantitative estimate of drug-likeness (QED) is 0.734. The summed E-state index contributed by atoms with van der Waals surface area (Å²) in [5.74, 6) is 0.962. The molecule has 0 aliphatic carbocycles. The van der Waals surface area contributed by atoms with Gasteiger partial charge in [0.15, 0.2) is 5.82 Å². The topological polar surface area (TPSA) is 73.1 Å². The number of nitrogens with zero attached hydrogens (tertiary/aromatic N) is 4. The number of hydrogen-bond donors (Lipinski definition) is 1. The molecule has 1 saturated heterocycles. The maximum absolute atomic E-state index is 9.94. The third-order valence-electron chi connectivity index (χ3n) is 2.77. The van der Waals surface area contributed by atoms with E-state index >= 15 is 0 Å².